The fraction of sp³-hybridized carbons (Fsp3) is 0.929. The van der Waals surface area contributed by atoms with Crippen LogP contribution >= 0.6 is 0 Å². The van der Waals surface area contributed by atoms with E-state index in [9.17, 15) is 5.26 Å². The zero-order valence-electron chi connectivity index (χ0n) is 11.4. The van der Waals surface area contributed by atoms with E-state index in [4.69, 9.17) is 9.47 Å². The van der Waals surface area contributed by atoms with Gasteiger partial charge in [-0.25, -0.2) is 0 Å². The van der Waals surface area contributed by atoms with Crippen molar-refractivity contribution in [3.05, 3.63) is 0 Å². The summed E-state index contributed by atoms with van der Waals surface area (Å²) in [5.41, 5.74) is -0.472. The van der Waals surface area contributed by atoms with Crippen LogP contribution in [0.1, 0.15) is 38.5 Å². The van der Waals surface area contributed by atoms with Crippen molar-refractivity contribution in [1.82, 2.24) is 5.32 Å². The number of hydrogen-bond donors (Lipinski definition) is 1. The first-order valence-electron chi connectivity index (χ1n) is 6.98. The van der Waals surface area contributed by atoms with Crippen LogP contribution in [0.4, 0.5) is 0 Å². The third-order valence-corrected chi connectivity index (χ3v) is 4.38. The fourth-order valence-electron chi connectivity index (χ4n) is 2.87. The Morgan fingerprint density at radius 2 is 2.00 bits per heavy atom. The number of rotatable bonds is 6. The van der Waals surface area contributed by atoms with Crippen molar-refractivity contribution in [3.63, 3.8) is 0 Å². The van der Waals surface area contributed by atoms with Crippen LogP contribution in [0.5, 0.6) is 0 Å². The van der Waals surface area contributed by atoms with Crippen LogP contribution in [-0.4, -0.2) is 38.5 Å². The van der Waals surface area contributed by atoms with Gasteiger partial charge in [0, 0.05) is 7.11 Å². The van der Waals surface area contributed by atoms with Crippen molar-refractivity contribution < 1.29 is 9.47 Å². The van der Waals surface area contributed by atoms with E-state index >= 15 is 0 Å². The molecule has 18 heavy (non-hydrogen) atoms. The maximum atomic E-state index is 9.40. The molecule has 102 valence electrons. The Morgan fingerprint density at radius 1 is 1.28 bits per heavy atom. The maximum absolute atomic E-state index is 9.40. The molecule has 2 aliphatic rings. The Balaban J connectivity index is 1.84. The summed E-state index contributed by atoms with van der Waals surface area (Å²) in [5.74, 6) is 0.467. The second kappa shape index (κ2) is 6.01. The summed E-state index contributed by atoms with van der Waals surface area (Å²) >= 11 is 0. The number of methoxy groups -OCH3 is 1. The molecule has 2 rings (SSSR count). The lowest BCUT2D eigenvalue weighted by molar-refractivity contribution is -0.0438. The average molecular weight is 252 g/mol. The van der Waals surface area contributed by atoms with Gasteiger partial charge in [-0.15, -0.1) is 0 Å². The van der Waals surface area contributed by atoms with Crippen molar-refractivity contribution in [2.75, 3.05) is 20.8 Å². The molecule has 3 atom stereocenters. The monoisotopic (exact) mass is 252 g/mol. The van der Waals surface area contributed by atoms with Crippen LogP contribution in [-0.2, 0) is 9.47 Å². The van der Waals surface area contributed by atoms with Gasteiger partial charge < -0.3 is 14.8 Å². The molecule has 2 saturated carbocycles. The number of nitrogens with one attached hydrogen (secondary N) is 1. The number of ether oxygens (including phenoxy) is 2. The summed E-state index contributed by atoms with van der Waals surface area (Å²) in [5, 5.41) is 12.6. The van der Waals surface area contributed by atoms with Crippen LogP contribution in [0.25, 0.3) is 0 Å². The van der Waals surface area contributed by atoms with Gasteiger partial charge >= 0.3 is 0 Å². The van der Waals surface area contributed by atoms with E-state index in [0.29, 0.717) is 18.6 Å². The molecule has 0 saturated heterocycles. The van der Waals surface area contributed by atoms with E-state index in [1.807, 2.05) is 7.05 Å². The summed E-state index contributed by atoms with van der Waals surface area (Å²) in [6, 6.07) is 2.42. The van der Waals surface area contributed by atoms with E-state index in [1.165, 1.54) is 0 Å². The smallest absolute Gasteiger partial charge is 0.132 e. The highest BCUT2D eigenvalue weighted by Crippen LogP contribution is 2.40. The highest BCUT2D eigenvalue weighted by molar-refractivity contribution is 5.15. The molecule has 0 heterocycles. The molecule has 4 nitrogen and oxygen atoms in total. The lowest BCUT2D eigenvalue weighted by Gasteiger charge is -2.32. The SMILES string of the molecule is CNC(C#N)(COC1CCCC(OC)C1)C1CC1. The van der Waals surface area contributed by atoms with E-state index < -0.39 is 5.54 Å². The van der Waals surface area contributed by atoms with Crippen molar-refractivity contribution in [2.45, 2.75) is 56.3 Å². The average Bonchev–Trinajstić information content (AvgIpc) is 3.26. The molecule has 0 spiro atoms. The molecular formula is C14H24N2O2. The van der Waals surface area contributed by atoms with Gasteiger partial charge in [0.05, 0.1) is 24.9 Å². The molecule has 0 bridgehead atoms. The minimum absolute atomic E-state index is 0.253. The summed E-state index contributed by atoms with van der Waals surface area (Å²) < 4.78 is 11.4. The molecule has 0 aromatic carbocycles. The molecule has 0 amide bonds. The summed E-state index contributed by atoms with van der Waals surface area (Å²) in [6.07, 6.45) is 7.22. The molecule has 0 radical (unpaired) electrons. The van der Waals surface area contributed by atoms with E-state index in [0.717, 1.165) is 38.5 Å². The summed E-state index contributed by atoms with van der Waals surface area (Å²) in [4.78, 5) is 0. The van der Waals surface area contributed by atoms with Gasteiger partial charge in [-0.1, -0.05) is 0 Å². The second-order valence-corrected chi connectivity index (χ2v) is 5.56. The topological polar surface area (TPSA) is 54.3 Å². The van der Waals surface area contributed by atoms with Crippen LogP contribution in [0.2, 0.25) is 0 Å². The van der Waals surface area contributed by atoms with Gasteiger partial charge in [-0.3, -0.25) is 0 Å². The normalized spacial score (nSPS) is 31.6. The predicted molar refractivity (Wildman–Crippen MR) is 69.1 cm³/mol. The molecular weight excluding hydrogens is 228 g/mol. The molecule has 0 aliphatic heterocycles. The third kappa shape index (κ3) is 3.03. The quantitative estimate of drug-likeness (QED) is 0.784. The molecule has 4 heteroatoms. The van der Waals surface area contributed by atoms with Crippen LogP contribution in [0, 0.1) is 17.2 Å². The minimum Gasteiger partial charge on any atom is -0.381 e. The molecule has 3 unspecified atom stereocenters. The Kier molecular flexibility index (Phi) is 4.60. The molecule has 1 N–H and O–H groups in total. The number of nitriles is 1. The molecule has 0 aromatic heterocycles. The second-order valence-electron chi connectivity index (χ2n) is 5.56. The van der Waals surface area contributed by atoms with Crippen molar-refractivity contribution >= 4 is 0 Å². The lowest BCUT2D eigenvalue weighted by atomic mass is 9.93. The number of nitrogens with zero attached hydrogens (tertiary/aromatic N) is 1. The third-order valence-electron chi connectivity index (χ3n) is 4.38. The van der Waals surface area contributed by atoms with Gasteiger partial charge in [0.15, 0.2) is 0 Å². The fourth-order valence-corrected chi connectivity index (χ4v) is 2.87. The largest absolute Gasteiger partial charge is 0.381 e. The van der Waals surface area contributed by atoms with E-state index in [-0.39, 0.29) is 6.10 Å². The zero-order chi connectivity index (χ0) is 13.0. The van der Waals surface area contributed by atoms with Gasteiger partial charge in [0.1, 0.15) is 5.54 Å². The van der Waals surface area contributed by atoms with Crippen LogP contribution < -0.4 is 5.32 Å². The van der Waals surface area contributed by atoms with E-state index in [1.54, 1.807) is 7.11 Å². The van der Waals surface area contributed by atoms with Gasteiger partial charge in [0.25, 0.3) is 0 Å². The minimum atomic E-state index is -0.472. The van der Waals surface area contributed by atoms with Gasteiger partial charge in [-0.05, 0) is 51.5 Å². The molecule has 2 fully saturated rings. The van der Waals surface area contributed by atoms with E-state index in [2.05, 4.69) is 11.4 Å². The molecule has 2 aliphatic carbocycles. The standard InChI is InChI=1S/C14H24N2O2/c1-16-14(9-15,11-6-7-11)10-18-13-5-3-4-12(8-13)17-2/h11-13,16H,3-8,10H2,1-2H3. The Labute approximate surface area is 110 Å². The number of likely N-dealkylation sites (N-methyl/N-ethyl adjacent to an activating group) is 1. The Bertz CT molecular complexity index is 311. The van der Waals surface area contributed by atoms with Crippen LogP contribution in [0.3, 0.4) is 0 Å². The zero-order valence-corrected chi connectivity index (χ0v) is 11.4. The first kappa shape index (κ1) is 13.8. The summed E-state index contributed by atoms with van der Waals surface area (Å²) in [7, 11) is 3.63. The van der Waals surface area contributed by atoms with Gasteiger partial charge in [-0.2, -0.15) is 5.26 Å². The maximum Gasteiger partial charge on any atom is 0.132 e. The van der Waals surface area contributed by atoms with Gasteiger partial charge in [0.2, 0.25) is 0 Å². The highest BCUT2D eigenvalue weighted by atomic mass is 16.5. The predicted octanol–water partition coefficient (Wildman–Crippen LogP) is 1.85. The van der Waals surface area contributed by atoms with Crippen LogP contribution in [0.15, 0.2) is 0 Å². The van der Waals surface area contributed by atoms with Crippen molar-refractivity contribution in [3.8, 4) is 6.07 Å². The first-order valence-corrected chi connectivity index (χ1v) is 6.98. The summed E-state index contributed by atoms with van der Waals surface area (Å²) in [6.45, 7) is 0.506. The first-order chi connectivity index (χ1) is 8.74. The Hall–Kier alpha value is -0.630. The van der Waals surface area contributed by atoms with Crippen molar-refractivity contribution in [2.24, 2.45) is 5.92 Å². The molecule has 0 aromatic rings. The highest BCUT2D eigenvalue weighted by Gasteiger charge is 2.45. The van der Waals surface area contributed by atoms with Crippen molar-refractivity contribution in [1.29, 1.82) is 5.26 Å². The lowest BCUT2D eigenvalue weighted by Crippen LogP contribution is -2.49. The number of hydrogen-bond acceptors (Lipinski definition) is 4. The Morgan fingerprint density at radius 3 is 2.56 bits per heavy atom.